The summed E-state index contributed by atoms with van der Waals surface area (Å²) >= 11 is 0. The van der Waals surface area contributed by atoms with Crippen LogP contribution in [0.1, 0.15) is 46.0 Å². The maximum atomic E-state index is 3.64. The van der Waals surface area contributed by atoms with Gasteiger partial charge in [0.15, 0.2) is 0 Å². The van der Waals surface area contributed by atoms with Crippen molar-refractivity contribution in [1.82, 2.24) is 15.1 Å². The van der Waals surface area contributed by atoms with E-state index in [0.717, 1.165) is 30.7 Å². The van der Waals surface area contributed by atoms with Crippen LogP contribution in [0, 0.1) is 0 Å². The normalized spacial score (nSPS) is 42.3. The first-order valence-corrected chi connectivity index (χ1v) is 8.02. The number of rotatable bonds is 3. The van der Waals surface area contributed by atoms with E-state index in [2.05, 4.69) is 29.0 Å². The Kier molecular flexibility index (Phi) is 3.92. The first-order chi connectivity index (χ1) is 8.79. The molecule has 0 aromatic heterocycles. The summed E-state index contributed by atoms with van der Waals surface area (Å²) in [6, 6.07) is 3.30. The fraction of sp³-hybridized carbons (Fsp3) is 1.00. The highest BCUT2D eigenvalue weighted by Gasteiger charge is 2.42. The molecule has 3 nitrogen and oxygen atoms in total. The lowest BCUT2D eigenvalue weighted by Gasteiger charge is -2.43. The quantitative estimate of drug-likeness (QED) is 0.823. The minimum atomic E-state index is 0.766. The number of piperidine rings is 1. The summed E-state index contributed by atoms with van der Waals surface area (Å²) in [6.45, 7) is 9.83. The van der Waals surface area contributed by atoms with Crippen molar-refractivity contribution in [2.24, 2.45) is 0 Å². The molecule has 4 unspecified atom stereocenters. The lowest BCUT2D eigenvalue weighted by molar-refractivity contribution is 0.0726. The van der Waals surface area contributed by atoms with E-state index in [0.29, 0.717) is 0 Å². The Labute approximate surface area is 112 Å². The van der Waals surface area contributed by atoms with Gasteiger partial charge in [0.05, 0.1) is 0 Å². The SMILES string of the molecule is CCNC1CCN(C2CCN3CCCC23)C(C)C1. The molecule has 0 bridgehead atoms. The van der Waals surface area contributed by atoms with E-state index >= 15 is 0 Å². The van der Waals surface area contributed by atoms with Gasteiger partial charge in [0.1, 0.15) is 0 Å². The van der Waals surface area contributed by atoms with E-state index in [-0.39, 0.29) is 0 Å². The third-order valence-electron chi connectivity index (χ3n) is 5.42. The molecular formula is C15H29N3. The molecule has 3 saturated heterocycles. The summed E-state index contributed by atoms with van der Waals surface area (Å²) < 4.78 is 0. The van der Waals surface area contributed by atoms with E-state index in [1.807, 2.05) is 0 Å². The van der Waals surface area contributed by atoms with Crippen molar-refractivity contribution in [3.63, 3.8) is 0 Å². The molecule has 104 valence electrons. The zero-order chi connectivity index (χ0) is 12.5. The Morgan fingerprint density at radius 1 is 1.06 bits per heavy atom. The first kappa shape index (κ1) is 12.9. The number of nitrogens with zero attached hydrogens (tertiary/aromatic N) is 2. The van der Waals surface area contributed by atoms with Gasteiger partial charge in [-0.3, -0.25) is 9.80 Å². The minimum Gasteiger partial charge on any atom is -0.314 e. The molecule has 1 N–H and O–H groups in total. The van der Waals surface area contributed by atoms with Crippen molar-refractivity contribution < 1.29 is 0 Å². The molecular weight excluding hydrogens is 222 g/mol. The van der Waals surface area contributed by atoms with Crippen LogP contribution in [0.3, 0.4) is 0 Å². The molecule has 3 rings (SSSR count). The van der Waals surface area contributed by atoms with Gasteiger partial charge < -0.3 is 5.32 Å². The van der Waals surface area contributed by atoms with Crippen LogP contribution in [0.4, 0.5) is 0 Å². The minimum absolute atomic E-state index is 0.766. The second-order valence-electron chi connectivity index (χ2n) is 6.47. The van der Waals surface area contributed by atoms with E-state index < -0.39 is 0 Å². The third-order valence-corrected chi connectivity index (χ3v) is 5.42. The van der Waals surface area contributed by atoms with Crippen LogP contribution < -0.4 is 5.32 Å². The number of hydrogen-bond donors (Lipinski definition) is 1. The van der Waals surface area contributed by atoms with Crippen LogP contribution in [-0.2, 0) is 0 Å². The van der Waals surface area contributed by atoms with Gasteiger partial charge in [0.25, 0.3) is 0 Å². The van der Waals surface area contributed by atoms with Crippen LogP contribution in [-0.4, -0.2) is 60.1 Å². The largest absolute Gasteiger partial charge is 0.314 e. The standard InChI is InChI=1S/C15H29N3/c1-3-16-13-6-10-18(12(2)11-13)15-7-9-17-8-4-5-14(15)17/h12-16H,3-11H2,1-2H3. The Bertz CT molecular complexity index is 281. The Morgan fingerprint density at radius 3 is 2.72 bits per heavy atom. The molecule has 3 heterocycles. The average molecular weight is 251 g/mol. The smallest absolute Gasteiger partial charge is 0.0266 e. The maximum Gasteiger partial charge on any atom is 0.0266 e. The van der Waals surface area contributed by atoms with Gasteiger partial charge in [-0.1, -0.05) is 6.92 Å². The molecule has 3 aliphatic rings. The highest BCUT2D eigenvalue weighted by Crippen LogP contribution is 2.34. The Morgan fingerprint density at radius 2 is 1.94 bits per heavy atom. The molecule has 3 heteroatoms. The molecule has 0 amide bonds. The van der Waals surface area contributed by atoms with Crippen molar-refractivity contribution in [2.75, 3.05) is 26.2 Å². The maximum absolute atomic E-state index is 3.64. The van der Waals surface area contributed by atoms with Gasteiger partial charge >= 0.3 is 0 Å². The molecule has 0 aliphatic carbocycles. The van der Waals surface area contributed by atoms with E-state index in [1.165, 1.54) is 51.7 Å². The zero-order valence-electron chi connectivity index (χ0n) is 12.1. The summed E-state index contributed by atoms with van der Waals surface area (Å²) in [5.74, 6) is 0. The first-order valence-electron chi connectivity index (χ1n) is 8.02. The van der Waals surface area contributed by atoms with Gasteiger partial charge in [-0.05, 0) is 52.1 Å². The molecule has 0 aromatic rings. The van der Waals surface area contributed by atoms with Crippen molar-refractivity contribution in [3.8, 4) is 0 Å². The Hall–Kier alpha value is -0.120. The highest BCUT2D eigenvalue weighted by molar-refractivity contribution is 4.99. The third kappa shape index (κ3) is 2.33. The molecule has 3 fully saturated rings. The second-order valence-corrected chi connectivity index (χ2v) is 6.47. The second kappa shape index (κ2) is 5.48. The predicted molar refractivity (Wildman–Crippen MR) is 75.9 cm³/mol. The zero-order valence-corrected chi connectivity index (χ0v) is 12.1. The molecule has 0 spiro atoms. The van der Waals surface area contributed by atoms with Gasteiger partial charge in [-0.2, -0.15) is 0 Å². The summed E-state index contributed by atoms with van der Waals surface area (Å²) in [5, 5.41) is 3.64. The number of likely N-dealkylation sites (tertiary alicyclic amines) is 1. The van der Waals surface area contributed by atoms with Crippen LogP contribution in [0.15, 0.2) is 0 Å². The molecule has 0 saturated carbocycles. The van der Waals surface area contributed by atoms with Gasteiger partial charge in [-0.15, -0.1) is 0 Å². The summed E-state index contributed by atoms with van der Waals surface area (Å²) in [4.78, 5) is 5.58. The molecule has 3 aliphatic heterocycles. The van der Waals surface area contributed by atoms with Crippen molar-refractivity contribution in [3.05, 3.63) is 0 Å². The van der Waals surface area contributed by atoms with Crippen molar-refractivity contribution in [2.45, 2.75) is 70.1 Å². The lowest BCUT2D eigenvalue weighted by atomic mass is 9.93. The van der Waals surface area contributed by atoms with Crippen molar-refractivity contribution >= 4 is 0 Å². The van der Waals surface area contributed by atoms with E-state index in [1.54, 1.807) is 0 Å². The number of fused-ring (bicyclic) bond motifs is 1. The summed E-state index contributed by atoms with van der Waals surface area (Å²) in [7, 11) is 0. The van der Waals surface area contributed by atoms with Crippen LogP contribution >= 0.6 is 0 Å². The summed E-state index contributed by atoms with van der Waals surface area (Å²) in [5.41, 5.74) is 0. The highest BCUT2D eigenvalue weighted by atomic mass is 15.3. The summed E-state index contributed by atoms with van der Waals surface area (Å²) in [6.07, 6.45) is 6.99. The van der Waals surface area contributed by atoms with Gasteiger partial charge in [0.2, 0.25) is 0 Å². The molecule has 4 atom stereocenters. The molecule has 0 aromatic carbocycles. The number of hydrogen-bond acceptors (Lipinski definition) is 3. The average Bonchev–Trinajstić information content (AvgIpc) is 2.92. The van der Waals surface area contributed by atoms with Crippen LogP contribution in [0.25, 0.3) is 0 Å². The van der Waals surface area contributed by atoms with E-state index in [9.17, 15) is 0 Å². The van der Waals surface area contributed by atoms with Gasteiger partial charge in [-0.25, -0.2) is 0 Å². The van der Waals surface area contributed by atoms with Crippen molar-refractivity contribution in [1.29, 1.82) is 0 Å². The molecule has 0 radical (unpaired) electrons. The fourth-order valence-corrected chi connectivity index (χ4v) is 4.60. The van der Waals surface area contributed by atoms with Crippen LogP contribution in [0.2, 0.25) is 0 Å². The monoisotopic (exact) mass is 251 g/mol. The lowest BCUT2D eigenvalue weighted by Crippen LogP contribution is -2.54. The predicted octanol–water partition coefficient (Wildman–Crippen LogP) is 1.69. The fourth-order valence-electron chi connectivity index (χ4n) is 4.60. The van der Waals surface area contributed by atoms with Crippen LogP contribution in [0.5, 0.6) is 0 Å². The van der Waals surface area contributed by atoms with Gasteiger partial charge in [0, 0.05) is 37.3 Å². The number of nitrogens with one attached hydrogen (secondary N) is 1. The topological polar surface area (TPSA) is 18.5 Å². The Balaban J connectivity index is 1.60. The molecule has 18 heavy (non-hydrogen) atoms. The van der Waals surface area contributed by atoms with E-state index in [4.69, 9.17) is 0 Å².